The number of nitrogens with two attached hydrogens (primary N) is 1. The molecule has 1 aromatic carbocycles. The predicted molar refractivity (Wildman–Crippen MR) is 134 cm³/mol. The van der Waals surface area contributed by atoms with Crippen LogP contribution in [0.1, 0.15) is 47.1 Å². The van der Waals surface area contributed by atoms with E-state index in [9.17, 15) is 24.2 Å². The Hall–Kier alpha value is -2.95. The molecule has 1 aliphatic carbocycles. The molecule has 36 heavy (non-hydrogen) atoms. The smallest absolute Gasteiger partial charge is 0.272 e. The fourth-order valence-corrected chi connectivity index (χ4v) is 6.52. The van der Waals surface area contributed by atoms with Crippen molar-refractivity contribution in [2.24, 2.45) is 23.5 Å². The standard InChI is InChI=1S/C26H29FN4O4S/c1-26(2,35)13-6-7-14(19(27)8-13)21-9-15(23(28)33)24(36-21)30-22-5-3-4-20(29-22)25(34)31-10-16-17(11-31)18(16)12-32/h3-8,16-18,21,32,35H,9-12H2,1-2H3,(H2,28,33)(H,29,30). The second-order valence-corrected chi connectivity index (χ2v) is 11.4. The monoisotopic (exact) mass is 512 g/mol. The molecule has 1 aromatic heterocycles. The van der Waals surface area contributed by atoms with Crippen LogP contribution in [0.4, 0.5) is 10.2 Å². The number of hydrogen-bond donors (Lipinski definition) is 4. The molecule has 0 radical (unpaired) electrons. The molecular formula is C26H29FN4O4S. The Bertz CT molecular complexity index is 1250. The third-order valence-corrected chi connectivity index (χ3v) is 8.64. The first-order valence-corrected chi connectivity index (χ1v) is 12.8. The SMILES string of the molecule is CC(C)(O)c1ccc(C2CC(C(N)=O)=C(Nc3cccc(C(=O)N4CC5C(CO)C5C4)n3)S2)c(F)c1. The Labute approximate surface area is 212 Å². The van der Waals surface area contributed by atoms with Crippen LogP contribution in [-0.4, -0.2) is 51.6 Å². The first-order valence-electron chi connectivity index (χ1n) is 11.9. The molecule has 5 N–H and O–H groups in total. The molecule has 0 bridgehead atoms. The number of piperidine rings is 1. The van der Waals surface area contributed by atoms with E-state index in [1.807, 2.05) is 0 Å². The summed E-state index contributed by atoms with van der Waals surface area (Å²) in [5.74, 6) is 0.188. The minimum atomic E-state index is -1.17. The lowest BCUT2D eigenvalue weighted by atomic mass is 9.95. The number of aliphatic hydroxyl groups is 2. The van der Waals surface area contributed by atoms with Crippen LogP contribution in [-0.2, 0) is 10.4 Å². The maximum Gasteiger partial charge on any atom is 0.272 e. The molecule has 3 aliphatic rings. The summed E-state index contributed by atoms with van der Waals surface area (Å²) in [6, 6.07) is 9.67. The highest BCUT2D eigenvalue weighted by molar-refractivity contribution is 8.03. The molecule has 2 aliphatic heterocycles. The number of pyridine rings is 1. The summed E-state index contributed by atoms with van der Waals surface area (Å²) in [5, 5.41) is 22.7. The second kappa shape index (κ2) is 9.17. The minimum absolute atomic E-state index is 0.165. The van der Waals surface area contributed by atoms with Crippen molar-refractivity contribution in [1.82, 2.24) is 9.88 Å². The van der Waals surface area contributed by atoms with Crippen LogP contribution in [0.25, 0.3) is 0 Å². The number of carbonyl (C=O) groups excluding carboxylic acids is 2. The first-order chi connectivity index (χ1) is 17.1. The lowest BCUT2D eigenvalue weighted by Gasteiger charge is -2.20. The van der Waals surface area contributed by atoms with Gasteiger partial charge in [-0.1, -0.05) is 30.0 Å². The van der Waals surface area contributed by atoms with Crippen molar-refractivity contribution < 1.29 is 24.2 Å². The Morgan fingerprint density at radius 3 is 2.58 bits per heavy atom. The number of anilines is 1. The largest absolute Gasteiger partial charge is 0.396 e. The molecule has 8 nitrogen and oxygen atoms in total. The van der Waals surface area contributed by atoms with Gasteiger partial charge in [0.15, 0.2) is 0 Å². The van der Waals surface area contributed by atoms with Crippen molar-refractivity contribution in [3.8, 4) is 0 Å². The molecular weight excluding hydrogens is 483 g/mol. The summed E-state index contributed by atoms with van der Waals surface area (Å²) in [7, 11) is 0. The van der Waals surface area contributed by atoms with Crippen LogP contribution in [0.3, 0.4) is 0 Å². The average Bonchev–Trinajstić information content (AvgIpc) is 3.13. The number of fused-ring (bicyclic) bond motifs is 1. The number of carbonyl (C=O) groups is 2. The number of amides is 2. The molecule has 3 heterocycles. The van der Waals surface area contributed by atoms with E-state index in [1.165, 1.54) is 17.8 Å². The topological polar surface area (TPSA) is 129 Å². The van der Waals surface area contributed by atoms with E-state index >= 15 is 0 Å². The van der Waals surface area contributed by atoms with Gasteiger partial charge in [-0.15, -0.1) is 0 Å². The zero-order valence-electron chi connectivity index (χ0n) is 20.1. The number of thioether (sulfide) groups is 1. The molecule has 190 valence electrons. The highest BCUT2D eigenvalue weighted by Crippen LogP contribution is 2.51. The molecule has 2 amide bonds. The summed E-state index contributed by atoms with van der Waals surface area (Å²) in [6.07, 6.45) is 0.238. The summed E-state index contributed by atoms with van der Waals surface area (Å²) in [4.78, 5) is 31.4. The highest BCUT2D eigenvalue weighted by atomic mass is 32.2. The van der Waals surface area contributed by atoms with E-state index in [1.54, 1.807) is 49.1 Å². The van der Waals surface area contributed by atoms with Crippen LogP contribution in [0.15, 0.2) is 47.0 Å². The van der Waals surface area contributed by atoms with E-state index in [0.29, 0.717) is 58.4 Å². The van der Waals surface area contributed by atoms with Gasteiger partial charge in [-0.25, -0.2) is 9.37 Å². The lowest BCUT2D eigenvalue weighted by Crippen LogP contribution is -2.32. The number of aliphatic hydroxyl groups excluding tert-OH is 1. The average molecular weight is 513 g/mol. The number of benzene rings is 1. The van der Waals surface area contributed by atoms with Gasteiger partial charge < -0.3 is 26.2 Å². The Kier molecular flexibility index (Phi) is 6.30. The predicted octanol–water partition coefficient (Wildman–Crippen LogP) is 2.75. The van der Waals surface area contributed by atoms with Crippen LogP contribution < -0.4 is 11.1 Å². The Morgan fingerprint density at radius 1 is 1.25 bits per heavy atom. The maximum absolute atomic E-state index is 14.9. The Balaban J connectivity index is 1.31. The van der Waals surface area contributed by atoms with E-state index in [2.05, 4.69) is 10.3 Å². The zero-order valence-corrected chi connectivity index (χ0v) is 20.9. The van der Waals surface area contributed by atoms with Gasteiger partial charge in [-0.3, -0.25) is 9.59 Å². The van der Waals surface area contributed by atoms with E-state index in [-0.39, 0.29) is 29.9 Å². The third-order valence-electron chi connectivity index (χ3n) is 7.35. The van der Waals surface area contributed by atoms with Gasteiger partial charge in [0.05, 0.1) is 10.6 Å². The molecule has 5 rings (SSSR count). The lowest BCUT2D eigenvalue weighted by molar-refractivity contribution is -0.114. The number of aromatic nitrogens is 1. The van der Waals surface area contributed by atoms with E-state index in [0.717, 1.165) is 0 Å². The molecule has 2 aromatic rings. The fourth-order valence-electron chi connectivity index (χ4n) is 5.18. The summed E-state index contributed by atoms with van der Waals surface area (Å²) < 4.78 is 14.9. The number of hydrogen-bond acceptors (Lipinski definition) is 7. The quantitative estimate of drug-likeness (QED) is 0.449. The van der Waals surface area contributed by atoms with Gasteiger partial charge in [0, 0.05) is 36.1 Å². The fraction of sp³-hybridized carbons (Fsp3) is 0.423. The molecule has 3 atom stereocenters. The molecule has 10 heteroatoms. The molecule has 0 spiro atoms. The van der Waals surface area contributed by atoms with Crippen molar-refractivity contribution >= 4 is 29.4 Å². The molecule has 1 saturated carbocycles. The van der Waals surface area contributed by atoms with Crippen LogP contribution >= 0.6 is 11.8 Å². The van der Waals surface area contributed by atoms with Gasteiger partial charge in [-0.2, -0.15) is 0 Å². The molecule has 3 unspecified atom stereocenters. The summed E-state index contributed by atoms with van der Waals surface area (Å²) in [6.45, 7) is 4.59. The van der Waals surface area contributed by atoms with Crippen molar-refractivity contribution in [3.05, 3.63) is 69.6 Å². The number of nitrogens with zero attached hydrogens (tertiary/aromatic N) is 2. The van der Waals surface area contributed by atoms with Crippen molar-refractivity contribution in [2.75, 3.05) is 25.0 Å². The van der Waals surface area contributed by atoms with E-state index in [4.69, 9.17) is 5.73 Å². The highest BCUT2D eigenvalue weighted by Gasteiger charge is 2.56. The van der Waals surface area contributed by atoms with Crippen molar-refractivity contribution in [2.45, 2.75) is 31.1 Å². The normalized spacial score (nSPS) is 25.2. The van der Waals surface area contributed by atoms with Crippen LogP contribution in [0.2, 0.25) is 0 Å². The van der Waals surface area contributed by atoms with Gasteiger partial charge in [-0.05, 0) is 61.8 Å². The number of rotatable bonds is 7. The Morgan fingerprint density at radius 2 is 1.97 bits per heavy atom. The van der Waals surface area contributed by atoms with Gasteiger partial charge >= 0.3 is 0 Å². The van der Waals surface area contributed by atoms with E-state index < -0.39 is 17.3 Å². The summed E-state index contributed by atoms with van der Waals surface area (Å²) >= 11 is 1.28. The zero-order chi connectivity index (χ0) is 25.8. The number of likely N-dealkylation sites (tertiary alicyclic amines) is 1. The van der Waals surface area contributed by atoms with Gasteiger partial charge in [0.2, 0.25) is 5.91 Å². The third kappa shape index (κ3) is 4.60. The van der Waals surface area contributed by atoms with Crippen LogP contribution in [0.5, 0.6) is 0 Å². The van der Waals surface area contributed by atoms with Crippen molar-refractivity contribution in [3.63, 3.8) is 0 Å². The van der Waals surface area contributed by atoms with Crippen molar-refractivity contribution in [1.29, 1.82) is 0 Å². The van der Waals surface area contributed by atoms with Crippen LogP contribution in [0, 0.1) is 23.6 Å². The van der Waals surface area contributed by atoms with Gasteiger partial charge in [0.1, 0.15) is 17.3 Å². The number of nitrogens with one attached hydrogen (secondary N) is 1. The number of primary amides is 1. The second-order valence-electron chi connectivity index (χ2n) is 10.2. The van der Waals surface area contributed by atoms with Gasteiger partial charge in [0.25, 0.3) is 5.91 Å². The first kappa shape index (κ1) is 24.7. The minimum Gasteiger partial charge on any atom is -0.396 e. The number of halogens is 1. The maximum atomic E-state index is 14.9. The molecule has 1 saturated heterocycles. The molecule has 2 fully saturated rings. The summed E-state index contributed by atoms with van der Waals surface area (Å²) in [5.41, 5.74) is 5.95.